The lowest BCUT2D eigenvalue weighted by atomic mass is 9.94. The highest BCUT2D eigenvalue weighted by molar-refractivity contribution is 5.45. The van der Waals surface area contributed by atoms with Crippen LogP contribution in [0.25, 0.3) is 0 Å². The molecule has 1 aliphatic heterocycles. The Kier molecular flexibility index (Phi) is 2.72. The van der Waals surface area contributed by atoms with Crippen LogP contribution in [0.3, 0.4) is 0 Å². The Labute approximate surface area is 104 Å². The van der Waals surface area contributed by atoms with E-state index in [9.17, 15) is 4.39 Å². The summed E-state index contributed by atoms with van der Waals surface area (Å²) < 4.78 is 19.0. The van der Waals surface area contributed by atoms with Crippen LogP contribution in [0.15, 0.2) is 36.5 Å². The van der Waals surface area contributed by atoms with Crippen LogP contribution >= 0.6 is 0 Å². The zero-order chi connectivity index (χ0) is 12.5. The number of hydrogen-bond donors (Lipinski definition) is 1. The van der Waals surface area contributed by atoms with Crippen molar-refractivity contribution < 1.29 is 9.13 Å². The number of halogens is 1. The van der Waals surface area contributed by atoms with Crippen LogP contribution in [0.1, 0.15) is 17.2 Å². The number of benzene rings is 1. The first-order valence-electron chi connectivity index (χ1n) is 5.89. The summed E-state index contributed by atoms with van der Waals surface area (Å²) in [6.07, 6.45) is 1.88. The lowest BCUT2D eigenvalue weighted by molar-refractivity contribution is 0.469. The first kappa shape index (κ1) is 11.2. The number of hydrogen-bond acceptors (Lipinski definition) is 3. The molecule has 3 nitrogen and oxygen atoms in total. The quantitative estimate of drug-likeness (QED) is 0.838. The fourth-order valence-corrected chi connectivity index (χ4v) is 2.27. The number of rotatable bonds is 1. The van der Waals surface area contributed by atoms with Crippen LogP contribution in [-0.4, -0.2) is 11.5 Å². The summed E-state index contributed by atoms with van der Waals surface area (Å²) in [5.41, 5.74) is 7.62. The molecule has 0 spiro atoms. The van der Waals surface area contributed by atoms with Crippen LogP contribution in [0.5, 0.6) is 11.5 Å². The summed E-state index contributed by atoms with van der Waals surface area (Å²) in [5, 5.41) is 0. The van der Waals surface area contributed by atoms with Crippen LogP contribution in [-0.2, 0) is 6.42 Å². The van der Waals surface area contributed by atoms with Gasteiger partial charge in [-0.15, -0.1) is 0 Å². The predicted octanol–water partition coefficient (Wildman–Crippen LogP) is 2.61. The molecule has 2 aromatic rings. The van der Waals surface area contributed by atoms with Crippen molar-refractivity contribution in [2.45, 2.75) is 12.3 Å². The average Bonchev–Trinajstić information content (AvgIpc) is 2.54. The molecule has 1 atom stereocenters. The fourth-order valence-electron chi connectivity index (χ4n) is 2.27. The van der Waals surface area contributed by atoms with Gasteiger partial charge in [0.15, 0.2) is 5.75 Å². The highest BCUT2D eigenvalue weighted by atomic mass is 19.1. The lowest BCUT2D eigenvalue weighted by Gasteiger charge is -2.13. The van der Waals surface area contributed by atoms with Crippen molar-refractivity contribution >= 4 is 0 Å². The van der Waals surface area contributed by atoms with Crippen LogP contribution in [0, 0.1) is 5.82 Å². The van der Waals surface area contributed by atoms with Gasteiger partial charge in [0.05, 0.1) is 11.9 Å². The molecule has 3 rings (SSSR count). The van der Waals surface area contributed by atoms with E-state index in [1.54, 1.807) is 0 Å². The van der Waals surface area contributed by atoms with Crippen molar-refractivity contribution in [1.82, 2.24) is 4.98 Å². The Balaban J connectivity index is 2.13. The molecule has 0 unspecified atom stereocenters. The van der Waals surface area contributed by atoms with Crippen molar-refractivity contribution in [3.8, 4) is 11.5 Å². The molecule has 0 saturated heterocycles. The minimum Gasteiger partial charge on any atom is -0.455 e. The number of ether oxygens (including phenoxy) is 1. The molecule has 0 fully saturated rings. The van der Waals surface area contributed by atoms with Gasteiger partial charge in [-0.1, -0.05) is 18.2 Å². The molecule has 4 heteroatoms. The van der Waals surface area contributed by atoms with E-state index in [-0.39, 0.29) is 5.92 Å². The lowest BCUT2D eigenvalue weighted by Crippen LogP contribution is -2.14. The second-order valence-electron chi connectivity index (χ2n) is 4.38. The highest BCUT2D eigenvalue weighted by Gasteiger charge is 2.23. The second-order valence-corrected chi connectivity index (χ2v) is 4.38. The second kappa shape index (κ2) is 4.38. The van der Waals surface area contributed by atoms with Crippen molar-refractivity contribution in [2.75, 3.05) is 6.54 Å². The number of nitrogens with two attached hydrogens (primary N) is 1. The smallest absolute Gasteiger partial charge is 0.151 e. The molecule has 0 radical (unpaired) electrons. The van der Waals surface area contributed by atoms with E-state index in [4.69, 9.17) is 10.5 Å². The molecular formula is C14H13FN2O. The molecule has 1 aromatic heterocycles. The highest BCUT2D eigenvalue weighted by Crippen LogP contribution is 2.38. The Morgan fingerprint density at radius 3 is 3.00 bits per heavy atom. The largest absolute Gasteiger partial charge is 0.455 e. The maximum Gasteiger partial charge on any atom is 0.151 e. The number of nitrogens with zero attached hydrogens (tertiary/aromatic N) is 1. The third kappa shape index (κ3) is 1.84. The number of aromatic nitrogens is 1. The van der Waals surface area contributed by atoms with Crippen molar-refractivity contribution in [3.63, 3.8) is 0 Å². The van der Waals surface area contributed by atoms with Gasteiger partial charge in [0.25, 0.3) is 0 Å². The van der Waals surface area contributed by atoms with Crippen LogP contribution in [0.4, 0.5) is 4.39 Å². The van der Waals surface area contributed by atoms with Gasteiger partial charge in [0.1, 0.15) is 11.6 Å². The topological polar surface area (TPSA) is 48.1 Å². The normalized spacial score (nSPS) is 17.3. The minimum atomic E-state index is -0.391. The number of para-hydroxylation sites is 1. The summed E-state index contributed by atoms with van der Waals surface area (Å²) in [4.78, 5) is 4.10. The molecule has 0 amide bonds. The standard InChI is InChI=1S/C14H13FN2O/c15-10-6-14-12(17-8-10)5-9(7-16)11-3-1-2-4-13(11)18-14/h1-4,6,8-9H,5,7,16H2/t9-/m0/s1. The summed E-state index contributed by atoms with van der Waals surface area (Å²) in [7, 11) is 0. The molecule has 1 aliphatic rings. The van der Waals surface area contributed by atoms with E-state index >= 15 is 0 Å². The SMILES string of the molecule is NC[C@@H]1Cc2ncc(F)cc2Oc2ccccc21. The summed E-state index contributed by atoms with van der Waals surface area (Å²) in [6, 6.07) is 9.09. The maximum atomic E-state index is 13.2. The van der Waals surface area contributed by atoms with Crippen molar-refractivity contribution in [3.05, 3.63) is 53.6 Å². The Morgan fingerprint density at radius 1 is 1.33 bits per heavy atom. The average molecular weight is 244 g/mol. The zero-order valence-electron chi connectivity index (χ0n) is 9.77. The van der Waals surface area contributed by atoms with Gasteiger partial charge >= 0.3 is 0 Å². The number of pyridine rings is 1. The number of fused-ring (bicyclic) bond motifs is 2. The molecule has 92 valence electrons. The first-order chi connectivity index (χ1) is 8.78. The molecule has 2 N–H and O–H groups in total. The van der Waals surface area contributed by atoms with Gasteiger partial charge < -0.3 is 10.5 Å². The first-order valence-corrected chi connectivity index (χ1v) is 5.89. The zero-order valence-corrected chi connectivity index (χ0v) is 9.77. The molecule has 18 heavy (non-hydrogen) atoms. The Bertz CT molecular complexity index is 586. The van der Waals surface area contributed by atoms with Gasteiger partial charge in [-0.3, -0.25) is 4.98 Å². The predicted molar refractivity (Wildman–Crippen MR) is 66.2 cm³/mol. The monoisotopic (exact) mass is 244 g/mol. The molecule has 0 bridgehead atoms. The minimum absolute atomic E-state index is 0.153. The molecular weight excluding hydrogens is 231 g/mol. The van der Waals surface area contributed by atoms with E-state index in [0.717, 1.165) is 17.0 Å². The van der Waals surface area contributed by atoms with Crippen LogP contribution in [0.2, 0.25) is 0 Å². The van der Waals surface area contributed by atoms with E-state index in [2.05, 4.69) is 4.98 Å². The van der Waals surface area contributed by atoms with E-state index < -0.39 is 5.82 Å². The van der Waals surface area contributed by atoms with Crippen molar-refractivity contribution in [1.29, 1.82) is 0 Å². The summed E-state index contributed by atoms with van der Waals surface area (Å²) >= 11 is 0. The summed E-state index contributed by atoms with van der Waals surface area (Å²) in [6.45, 7) is 0.513. The molecule has 0 aliphatic carbocycles. The van der Waals surface area contributed by atoms with Gasteiger partial charge in [-0.05, 0) is 18.2 Å². The van der Waals surface area contributed by atoms with Gasteiger partial charge in [0, 0.05) is 18.4 Å². The molecule has 0 saturated carbocycles. The Morgan fingerprint density at radius 2 is 2.17 bits per heavy atom. The maximum absolute atomic E-state index is 13.2. The van der Waals surface area contributed by atoms with Gasteiger partial charge in [0.2, 0.25) is 0 Å². The van der Waals surface area contributed by atoms with E-state index in [1.165, 1.54) is 12.3 Å². The van der Waals surface area contributed by atoms with Crippen molar-refractivity contribution in [2.24, 2.45) is 5.73 Å². The fraction of sp³-hybridized carbons (Fsp3) is 0.214. The Hall–Kier alpha value is -1.94. The van der Waals surface area contributed by atoms with Crippen LogP contribution < -0.4 is 10.5 Å². The third-order valence-corrected chi connectivity index (χ3v) is 3.20. The van der Waals surface area contributed by atoms with E-state index in [1.807, 2.05) is 24.3 Å². The van der Waals surface area contributed by atoms with Gasteiger partial charge in [-0.25, -0.2) is 4.39 Å². The molecule has 2 heterocycles. The molecule has 1 aromatic carbocycles. The van der Waals surface area contributed by atoms with Gasteiger partial charge in [-0.2, -0.15) is 0 Å². The summed E-state index contributed by atoms with van der Waals surface area (Å²) in [5.74, 6) is 0.982. The third-order valence-electron chi connectivity index (χ3n) is 3.20. The van der Waals surface area contributed by atoms with E-state index in [0.29, 0.717) is 18.7 Å².